The molecule has 0 atom stereocenters. The molecule has 102 valence electrons. The van der Waals surface area contributed by atoms with Gasteiger partial charge in [0, 0.05) is 37.3 Å². The normalized spacial score (nSPS) is 17.1. The highest BCUT2D eigenvalue weighted by Gasteiger charge is 2.16. The van der Waals surface area contributed by atoms with E-state index in [1.54, 1.807) is 6.08 Å². The standard InChI is InChI=1S/C15H19ClN2O/c1-12-3-4-13(11-14(12)16)5-6-15(19)18-9-7-17(2)8-10-18/h3-6,11H,7-10H2,1-2H3. The van der Waals surface area contributed by atoms with Crippen LogP contribution >= 0.6 is 11.6 Å². The second-order valence-electron chi connectivity index (χ2n) is 4.97. The topological polar surface area (TPSA) is 23.6 Å². The average molecular weight is 279 g/mol. The van der Waals surface area contributed by atoms with Crippen molar-refractivity contribution in [1.82, 2.24) is 9.80 Å². The number of benzene rings is 1. The molecule has 3 nitrogen and oxygen atoms in total. The van der Waals surface area contributed by atoms with Crippen LogP contribution < -0.4 is 0 Å². The second-order valence-corrected chi connectivity index (χ2v) is 5.38. The average Bonchev–Trinajstić information content (AvgIpc) is 2.40. The minimum Gasteiger partial charge on any atom is -0.337 e. The maximum atomic E-state index is 12.0. The van der Waals surface area contributed by atoms with Crippen molar-refractivity contribution in [1.29, 1.82) is 0 Å². The van der Waals surface area contributed by atoms with Crippen molar-refractivity contribution < 1.29 is 4.79 Å². The molecule has 19 heavy (non-hydrogen) atoms. The molecule has 1 aliphatic rings. The minimum atomic E-state index is 0.0739. The third-order valence-electron chi connectivity index (χ3n) is 3.43. The molecule has 0 radical (unpaired) electrons. The summed E-state index contributed by atoms with van der Waals surface area (Å²) in [5.41, 5.74) is 2.00. The highest BCUT2D eigenvalue weighted by Crippen LogP contribution is 2.17. The fourth-order valence-corrected chi connectivity index (χ4v) is 2.20. The van der Waals surface area contributed by atoms with Crippen molar-refractivity contribution in [2.75, 3.05) is 33.2 Å². The molecule has 0 aliphatic carbocycles. The summed E-state index contributed by atoms with van der Waals surface area (Å²) in [4.78, 5) is 16.1. The molecule has 1 amide bonds. The van der Waals surface area contributed by atoms with Crippen molar-refractivity contribution in [2.24, 2.45) is 0 Å². The number of likely N-dealkylation sites (N-methyl/N-ethyl adjacent to an activating group) is 1. The lowest BCUT2D eigenvalue weighted by atomic mass is 10.1. The van der Waals surface area contributed by atoms with Crippen LogP contribution in [0.2, 0.25) is 5.02 Å². The molecule has 0 bridgehead atoms. The first-order chi connectivity index (χ1) is 9.06. The summed E-state index contributed by atoms with van der Waals surface area (Å²) in [7, 11) is 2.08. The molecule has 0 N–H and O–H groups in total. The smallest absolute Gasteiger partial charge is 0.246 e. The van der Waals surface area contributed by atoms with E-state index in [4.69, 9.17) is 11.6 Å². The number of piperazine rings is 1. The van der Waals surface area contributed by atoms with Gasteiger partial charge in [0.25, 0.3) is 0 Å². The van der Waals surface area contributed by atoms with Gasteiger partial charge in [-0.05, 0) is 37.2 Å². The highest BCUT2D eigenvalue weighted by molar-refractivity contribution is 6.31. The number of carbonyl (C=O) groups excluding carboxylic acids is 1. The molecule has 0 aromatic heterocycles. The predicted molar refractivity (Wildman–Crippen MR) is 79.3 cm³/mol. The Kier molecular flexibility index (Phi) is 4.61. The molecule has 1 fully saturated rings. The van der Waals surface area contributed by atoms with E-state index >= 15 is 0 Å². The second kappa shape index (κ2) is 6.22. The van der Waals surface area contributed by atoms with Crippen LogP contribution in [0, 0.1) is 6.92 Å². The van der Waals surface area contributed by atoms with Crippen LogP contribution in [-0.2, 0) is 4.79 Å². The van der Waals surface area contributed by atoms with E-state index in [2.05, 4.69) is 11.9 Å². The van der Waals surface area contributed by atoms with E-state index in [0.717, 1.165) is 42.3 Å². The fourth-order valence-electron chi connectivity index (χ4n) is 2.01. The first-order valence-electron chi connectivity index (χ1n) is 6.48. The first kappa shape index (κ1) is 14.1. The number of aryl methyl sites for hydroxylation is 1. The quantitative estimate of drug-likeness (QED) is 0.776. The lowest BCUT2D eigenvalue weighted by Gasteiger charge is -2.31. The Morgan fingerprint density at radius 3 is 2.58 bits per heavy atom. The minimum absolute atomic E-state index is 0.0739. The number of amides is 1. The summed E-state index contributed by atoms with van der Waals surface area (Å²) in [6, 6.07) is 5.81. The third kappa shape index (κ3) is 3.82. The van der Waals surface area contributed by atoms with Gasteiger partial charge in [0.05, 0.1) is 0 Å². The third-order valence-corrected chi connectivity index (χ3v) is 3.84. The molecule has 1 aromatic rings. The van der Waals surface area contributed by atoms with Crippen molar-refractivity contribution in [3.63, 3.8) is 0 Å². The van der Waals surface area contributed by atoms with Gasteiger partial charge < -0.3 is 9.80 Å². The summed E-state index contributed by atoms with van der Waals surface area (Å²) < 4.78 is 0. The molecule has 1 saturated heterocycles. The summed E-state index contributed by atoms with van der Waals surface area (Å²) in [6.45, 7) is 5.44. The Labute approximate surface area is 119 Å². The number of hydrogen-bond acceptors (Lipinski definition) is 2. The van der Waals surface area contributed by atoms with Gasteiger partial charge >= 0.3 is 0 Å². The summed E-state index contributed by atoms with van der Waals surface area (Å²) >= 11 is 6.06. The zero-order chi connectivity index (χ0) is 13.8. The molecular formula is C15H19ClN2O. The zero-order valence-corrected chi connectivity index (χ0v) is 12.2. The maximum Gasteiger partial charge on any atom is 0.246 e. The van der Waals surface area contributed by atoms with Crippen molar-refractivity contribution in [3.05, 3.63) is 40.4 Å². The molecule has 0 unspecified atom stereocenters. The maximum absolute atomic E-state index is 12.0. The number of halogens is 1. The summed E-state index contributed by atoms with van der Waals surface area (Å²) in [5.74, 6) is 0.0739. The van der Waals surface area contributed by atoms with Crippen LogP contribution in [0.1, 0.15) is 11.1 Å². The van der Waals surface area contributed by atoms with Gasteiger partial charge in [0.15, 0.2) is 0 Å². The Morgan fingerprint density at radius 2 is 1.95 bits per heavy atom. The lowest BCUT2D eigenvalue weighted by molar-refractivity contribution is -0.127. The zero-order valence-electron chi connectivity index (χ0n) is 11.4. The van der Waals surface area contributed by atoms with E-state index in [1.165, 1.54) is 0 Å². The Balaban J connectivity index is 1.98. The van der Waals surface area contributed by atoms with Crippen molar-refractivity contribution in [3.8, 4) is 0 Å². The Morgan fingerprint density at radius 1 is 1.26 bits per heavy atom. The van der Waals surface area contributed by atoms with Crippen LogP contribution in [0.15, 0.2) is 24.3 Å². The van der Waals surface area contributed by atoms with Gasteiger partial charge in [0.1, 0.15) is 0 Å². The van der Waals surface area contributed by atoms with Crippen LogP contribution in [-0.4, -0.2) is 48.9 Å². The van der Waals surface area contributed by atoms with Gasteiger partial charge in [-0.15, -0.1) is 0 Å². The molecule has 1 heterocycles. The monoisotopic (exact) mass is 278 g/mol. The fraction of sp³-hybridized carbons (Fsp3) is 0.400. The van der Waals surface area contributed by atoms with E-state index in [1.807, 2.05) is 36.1 Å². The highest BCUT2D eigenvalue weighted by atomic mass is 35.5. The molecule has 1 aromatic carbocycles. The summed E-state index contributed by atoms with van der Waals surface area (Å²) in [6.07, 6.45) is 3.46. The number of hydrogen-bond donors (Lipinski definition) is 0. The number of rotatable bonds is 2. The lowest BCUT2D eigenvalue weighted by Crippen LogP contribution is -2.46. The molecule has 4 heteroatoms. The van der Waals surface area contributed by atoms with Crippen LogP contribution in [0.3, 0.4) is 0 Å². The van der Waals surface area contributed by atoms with Crippen LogP contribution in [0.25, 0.3) is 6.08 Å². The van der Waals surface area contributed by atoms with Crippen molar-refractivity contribution in [2.45, 2.75) is 6.92 Å². The largest absolute Gasteiger partial charge is 0.337 e. The van der Waals surface area contributed by atoms with Crippen LogP contribution in [0.4, 0.5) is 0 Å². The number of nitrogens with zero attached hydrogens (tertiary/aromatic N) is 2. The number of carbonyl (C=O) groups is 1. The van der Waals surface area contributed by atoms with Gasteiger partial charge in [0.2, 0.25) is 5.91 Å². The predicted octanol–water partition coefficient (Wildman–Crippen LogP) is 2.44. The summed E-state index contributed by atoms with van der Waals surface area (Å²) in [5, 5.41) is 0.731. The Hall–Kier alpha value is -1.32. The van der Waals surface area contributed by atoms with E-state index in [-0.39, 0.29) is 5.91 Å². The molecular weight excluding hydrogens is 260 g/mol. The van der Waals surface area contributed by atoms with Gasteiger partial charge in [-0.2, -0.15) is 0 Å². The van der Waals surface area contributed by atoms with E-state index < -0.39 is 0 Å². The molecule has 0 spiro atoms. The molecule has 2 rings (SSSR count). The molecule has 1 aliphatic heterocycles. The van der Waals surface area contributed by atoms with Gasteiger partial charge in [-0.3, -0.25) is 4.79 Å². The van der Waals surface area contributed by atoms with E-state index in [9.17, 15) is 4.79 Å². The Bertz CT molecular complexity index is 491. The van der Waals surface area contributed by atoms with Gasteiger partial charge in [-0.1, -0.05) is 23.7 Å². The SMILES string of the molecule is Cc1ccc(C=CC(=O)N2CCN(C)CC2)cc1Cl. The van der Waals surface area contributed by atoms with Crippen molar-refractivity contribution >= 4 is 23.6 Å². The van der Waals surface area contributed by atoms with E-state index in [0.29, 0.717) is 0 Å². The first-order valence-corrected chi connectivity index (χ1v) is 6.86. The van der Waals surface area contributed by atoms with Gasteiger partial charge in [-0.25, -0.2) is 0 Å². The van der Waals surface area contributed by atoms with Crippen LogP contribution in [0.5, 0.6) is 0 Å². The molecule has 0 saturated carbocycles.